The molecule has 0 aliphatic rings. The lowest BCUT2D eigenvalue weighted by Gasteiger charge is -2.22. The molecule has 0 radical (unpaired) electrons. The fraction of sp³-hybridized carbons (Fsp3) is 1.00. The maximum absolute atomic E-state index is 10.3. The van der Waals surface area contributed by atoms with Crippen LogP contribution in [-0.2, 0) is 0 Å². The van der Waals surface area contributed by atoms with E-state index < -0.39 is 28.0 Å². The molecule has 7 heteroatoms. The molecule has 7 nitrogen and oxygen atoms in total. The van der Waals surface area contributed by atoms with Gasteiger partial charge in [0.05, 0.1) is 0 Å². The molecule has 2 unspecified atom stereocenters. The summed E-state index contributed by atoms with van der Waals surface area (Å²) in [6.07, 6.45) is -0.0177. The van der Waals surface area contributed by atoms with E-state index in [0.29, 0.717) is 0 Å². The Morgan fingerprint density at radius 3 is 2.15 bits per heavy atom. The summed E-state index contributed by atoms with van der Waals surface area (Å²) in [4.78, 5) is 19.0. The van der Waals surface area contributed by atoms with Gasteiger partial charge in [-0.1, -0.05) is 6.92 Å². The molecule has 0 aliphatic heterocycles. The summed E-state index contributed by atoms with van der Waals surface area (Å²) in [6.45, 7) is 1.84. The Bertz CT molecular complexity index is 219. The Hall–Kier alpha value is -1.24. The number of rotatable bonds is 5. The summed E-state index contributed by atoms with van der Waals surface area (Å²) in [6, 6.07) is -1.33. The molecule has 1 N–H and O–H groups in total. The van der Waals surface area contributed by atoms with Gasteiger partial charge in [-0.15, -0.1) is 0 Å². The van der Waals surface area contributed by atoms with Crippen LogP contribution in [0.2, 0.25) is 0 Å². The van der Waals surface area contributed by atoms with E-state index in [1.807, 2.05) is 0 Å². The summed E-state index contributed by atoms with van der Waals surface area (Å²) in [5.41, 5.74) is -1.85. The van der Waals surface area contributed by atoms with Crippen LogP contribution in [0.25, 0.3) is 0 Å². The molecular weight excluding hydrogens is 180 g/mol. The van der Waals surface area contributed by atoms with E-state index in [0.717, 1.165) is 6.92 Å². The highest BCUT2D eigenvalue weighted by atomic mass is 16.6. The largest absolute Gasteiger partial charge is 0.377 e. The lowest BCUT2D eigenvalue weighted by Crippen LogP contribution is -2.49. The van der Waals surface area contributed by atoms with Crippen LogP contribution in [0.5, 0.6) is 0 Å². The molecule has 0 rings (SSSR count). The van der Waals surface area contributed by atoms with Gasteiger partial charge in [-0.2, -0.15) is 0 Å². The zero-order valence-electron chi connectivity index (χ0n) is 7.47. The summed E-state index contributed by atoms with van der Waals surface area (Å²) in [5, 5.41) is 30.0. The van der Waals surface area contributed by atoms with Crippen molar-refractivity contribution in [3.8, 4) is 0 Å². The first kappa shape index (κ1) is 11.8. The van der Waals surface area contributed by atoms with E-state index in [1.54, 1.807) is 0 Å². The van der Waals surface area contributed by atoms with Gasteiger partial charge < -0.3 is 5.11 Å². The lowest BCUT2D eigenvalue weighted by molar-refractivity contribution is -0.571. The average Bonchev–Trinajstić information content (AvgIpc) is 2.01. The summed E-state index contributed by atoms with van der Waals surface area (Å²) < 4.78 is 0. The molecule has 0 heterocycles. The van der Waals surface area contributed by atoms with Gasteiger partial charge in [0.2, 0.25) is 12.6 Å². The van der Waals surface area contributed by atoms with Gasteiger partial charge in [-0.3, -0.25) is 20.2 Å². The minimum atomic E-state index is -1.85. The van der Waals surface area contributed by atoms with Gasteiger partial charge in [0.1, 0.15) is 0 Å². The van der Waals surface area contributed by atoms with Crippen LogP contribution >= 0.6 is 0 Å². The standard InChI is InChI=1S/C6H12N2O5/c1-3-6(9,4-7(10)11)5(2)8(12)13/h5,9H,3-4H2,1-2H3. The Kier molecular flexibility index (Phi) is 3.73. The van der Waals surface area contributed by atoms with Crippen molar-refractivity contribution >= 4 is 0 Å². The molecule has 76 valence electrons. The van der Waals surface area contributed by atoms with Gasteiger partial charge >= 0.3 is 0 Å². The quantitative estimate of drug-likeness (QED) is 0.490. The first-order chi connectivity index (χ1) is 5.83. The van der Waals surface area contributed by atoms with E-state index in [4.69, 9.17) is 0 Å². The SMILES string of the molecule is CCC(O)(C[N+](=O)[O-])C(C)[N+](=O)[O-]. The van der Waals surface area contributed by atoms with Gasteiger partial charge in [0.25, 0.3) is 0 Å². The van der Waals surface area contributed by atoms with E-state index in [2.05, 4.69) is 0 Å². The number of hydrogen-bond donors (Lipinski definition) is 1. The van der Waals surface area contributed by atoms with Crippen LogP contribution < -0.4 is 0 Å². The van der Waals surface area contributed by atoms with Gasteiger partial charge in [-0.25, -0.2) is 0 Å². The molecule has 0 aromatic heterocycles. The molecule has 0 aromatic carbocycles. The van der Waals surface area contributed by atoms with Crippen molar-refractivity contribution < 1.29 is 15.0 Å². The van der Waals surface area contributed by atoms with Crippen molar-refractivity contribution in [2.24, 2.45) is 0 Å². The van der Waals surface area contributed by atoms with Crippen LogP contribution in [0, 0.1) is 20.2 Å². The van der Waals surface area contributed by atoms with E-state index >= 15 is 0 Å². The van der Waals surface area contributed by atoms with Crippen LogP contribution in [0.15, 0.2) is 0 Å². The van der Waals surface area contributed by atoms with Crippen LogP contribution in [-0.4, -0.2) is 33.1 Å². The van der Waals surface area contributed by atoms with Crippen molar-refractivity contribution in [1.29, 1.82) is 0 Å². The minimum absolute atomic E-state index is 0.0177. The van der Waals surface area contributed by atoms with Crippen LogP contribution in [0.3, 0.4) is 0 Å². The Morgan fingerprint density at radius 2 is 1.92 bits per heavy atom. The van der Waals surface area contributed by atoms with Crippen molar-refractivity contribution in [3.05, 3.63) is 20.2 Å². The van der Waals surface area contributed by atoms with E-state index in [1.165, 1.54) is 6.92 Å². The molecule has 0 spiro atoms. The third-order valence-electron chi connectivity index (χ3n) is 2.11. The summed E-state index contributed by atoms with van der Waals surface area (Å²) in [5.74, 6) is 0. The number of nitro groups is 2. The number of aliphatic hydroxyl groups is 1. The average molecular weight is 192 g/mol. The second-order valence-electron chi connectivity index (χ2n) is 2.91. The predicted molar refractivity (Wildman–Crippen MR) is 43.6 cm³/mol. The third kappa shape index (κ3) is 2.94. The van der Waals surface area contributed by atoms with Crippen molar-refractivity contribution in [3.63, 3.8) is 0 Å². The predicted octanol–water partition coefficient (Wildman–Crippen LogP) is 0.0694. The maximum Gasteiger partial charge on any atom is 0.245 e. The summed E-state index contributed by atoms with van der Waals surface area (Å²) in [7, 11) is 0. The molecule has 0 aromatic rings. The highest BCUT2D eigenvalue weighted by molar-refractivity contribution is 4.82. The third-order valence-corrected chi connectivity index (χ3v) is 2.11. The topological polar surface area (TPSA) is 107 Å². The first-order valence-electron chi connectivity index (χ1n) is 3.81. The highest BCUT2D eigenvalue weighted by Crippen LogP contribution is 2.17. The second kappa shape index (κ2) is 4.13. The van der Waals surface area contributed by atoms with Gasteiger partial charge in [0, 0.05) is 16.8 Å². The van der Waals surface area contributed by atoms with Crippen molar-refractivity contribution in [1.82, 2.24) is 0 Å². The number of hydrogen-bond acceptors (Lipinski definition) is 5. The maximum atomic E-state index is 10.3. The molecule has 13 heavy (non-hydrogen) atoms. The Labute approximate surface area is 74.7 Å². The summed E-state index contributed by atoms with van der Waals surface area (Å²) >= 11 is 0. The zero-order chi connectivity index (χ0) is 10.6. The smallest absolute Gasteiger partial charge is 0.245 e. The van der Waals surface area contributed by atoms with Crippen molar-refractivity contribution in [2.75, 3.05) is 6.54 Å². The van der Waals surface area contributed by atoms with Crippen LogP contribution in [0.1, 0.15) is 20.3 Å². The minimum Gasteiger partial charge on any atom is -0.377 e. The van der Waals surface area contributed by atoms with Crippen molar-refractivity contribution in [2.45, 2.75) is 31.9 Å². The molecular formula is C6H12N2O5. The molecule has 0 saturated carbocycles. The van der Waals surface area contributed by atoms with Gasteiger partial charge in [-0.05, 0) is 6.42 Å². The second-order valence-corrected chi connectivity index (χ2v) is 2.91. The number of nitrogens with zero attached hydrogens (tertiary/aromatic N) is 2. The fourth-order valence-electron chi connectivity index (χ4n) is 0.959. The van der Waals surface area contributed by atoms with E-state index in [-0.39, 0.29) is 6.42 Å². The molecule has 0 amide bonds. The van der Waals surface area contributed by atoms with Crippen LogP contribution in [0.4, 0.5) is 0 Å². The lowest BCUT2D eigenvalue weighted by atomic mass is 9.93. The molecule has 0 saturated heterocycles. The normalized spacial score (nSPS) is 17.5. The Balaban J connectivity index is 4.61. The fourth-order valence-corrected chi connectivity index (χ4v) is 0.959. The molecule has 2 atom stereocenters. The highest BCUT2D eigenvalue weighted by Gasteiger charge is 2.45. The molecule has 0 bridgehead atoms. The first-order valence-corrected chi connectivity index (χ1v) is 3.81. The monoisotopic (exact) mass is 192 g/mol. The molecule has 0 aliphatic carbocycles. The molecule has 0 fully saturated rings. The van der Waals surface area contributed by atoms with E-state index in [9.17, 15) is 25.3 Å². The van der Waals surface area contributed by atoms with Gasteiger partial charge in [0.15, 0.2) is 5.60 Å². The zero-order valence-corrected chi connectivity index (χ0v) is 7.47. The Morgan fingerprint density at radius 1 is 1.46 bits per heavy atom.